The number of carbonyl (C=O) groups excluding carboxylic acids is 1. The second-order valence-electron chi connectivity index (χ2n) is 10.5. The molecule has 0 bridgehead atoms. The van der Waals surface area contributed by atoms with E-state index in [9.17, 15) is 13.2 Å². The molecule has 4 aliphatic rings. The topological polar surface area (TPSA) is 98.7 Å². The van der Waals surface area contributed by atoms with Gasteiger partial charge in [-0.15, -0.1) is 11.8 Å². The first-order chi connectivity index (χ1) is 17.2. The number of benzene rings is 1. The first-order valence-corrected chi connectivity index (χ1v) is 15.4. The number of hydrogen-bond acceptors (Lipinski definition) is 8. The molecule has 5 heterocycles. The van der Waals surface area contributed by atoms with Crippen LogP contribution in [0.5, 0.6) is 0 Å². The summed E-state index contributed by atoms with van der Waals surface area (Å²) in [6.45, 7) is 2.73. The molecule has 1 atom stereocenters. The Morgan fingerprint density at radius 2 is 1.92 bits per heavy atom. The first kappa shape index (κ1) is 23.8. The van der Waals surface area contributed by atoms with Gasteiger partial charge in [0, 0.05) is 63.3 Å². The number of anilines is 3. The van der Waals surface area contributed by atoms with Crippen molar-refractivity contribution >= 4 is 45.1 Å². The summed E-state index contributed by atoms with van der Waals surface area (Å²) in [5, 5.41) is 3.63. The summed E-state index contributed by atoms with van der Waals surface area (Å²) in [5.41, 5.74) is 2.88. The predicted octanol–water partition coefficient (Wildman–Crippen LogP) is 2.48. The predicted molar refractivity (Wildman–Crippen MR) is 142 cm³/mol. The van der Waals surface area contributed by atoms with Gasteiger partial charge in [-0.3, -0.25) is 9.10 Å². The second-order valence-corrected chi connectivity index (χ2v) is 13.5. The van der Waals surface area contributed by atoms with Crippen LogP contribution in [-0.4, -0.2) is 80.5 Å². The number of thioether (sulfide) groups is 1. The molecule has 2 aromatic rings. The van der Waals surface area contributed by atoms with Crippen LogP contribution < -0.4 is 14.5 Å². The number of para-hydroxylation sites is 1. The van der Waals surface area contributed by atoms with Gasteiger partial charge >= 0.3 is 0 Å². The Balaban J connectivity index is 1.23. The number of hydrogen-bond donors (Lipinski definition) is 1. The number of sulfonamides is 1. The minimum atomic E-state index is -3.33. The molecule has 0 saturated carbocycles. The van der Waals surface area contributed by atoms with E-state index in [2.05, 4.69) is 16.3 Å². The Kier molecular flexibility index (Phi) is 5.82. The van der Waals surface area contributed by atoms with Crippen molar-refractivity contribution in [3.05, 3.63) is 35.5 Å². The Bertz CT molecular complexity index is 1310. The molecule has 1 spiro atoms. The van der Waals surface area contributed by atoms with Crippen molar-refractivity contribution in [2.45, 2.75) is 48.5 Å². The maximum atomic E-state index is 12.5. The van der Waals surface area contributed by atoms with E-state index in [-0.39, 0.29) is 17.4 Å². The van der Waals surface area contributed by atoms with E-state index >= 15 is 0 Å². The van der Waals surface area contributed by atoms with E-state index < -0.39 is 10.0 Å². The van der Waals surface area contributed by atoms with E-state index in [1.54, 1.807) is 21.0 Å². The highest BCUT2D eigenvalue weighted by Gasteiger charge is 2.47. The van der Waals surface area contributed by atoms with Crippen molar-refractivity contribution in [2.24, 2.45) is 0 Å². The number of nitrogens with one attached hydrogen (secondary N) is 1. The third kappa shape index (κ3) is 4.09. The van der Waals surface area contributed by atoms with E-state index in [4.69, 9.17) is 9.97 Å². The summed E-state index contributed by atoms with van der Waals surface area (Å²) in [4.78, 5) is 27.1. The SMILES string of the molecule is CN1C[C@@H](Nc2nc(N3CCC4(CC3)CN(S(C)(=O)=O)c3ccccc34)nc3c2SCC3)CCC1=O. The zero-order valence-electron chi connectivity index (χ0n) is 20.7. The smallest absolute Gasteiger partial charge is 0.232 e. The second kappa shape index (κ2) is 8.79. The van der Waals surface area contributed by atoms with Crippen molar-refractivity contribution in [1.82, 2.24) is 14.9 Å². The van der Waals surface area contributed by atoms with E-state index in [0.717, 1.165) is 78.1 Å². The number of aryl methyl sites for hydroxylation is 1. The normalized spacial score (nSPS) is 23.2. The van der Waals surface area contributed by atoms with E-state index in [1.807, 2.05) is 25.2 Å². The van der Waals surface area contributed by atoms with Gasteiger partial charge in [0.15, 0.2) is 0 Å². The number of fused-ring (bicyclic) bond motifs is 3. The van der Waals surface area contributed by atoms with Crippen molar-refractivity contribution in [1.29, 1.82) is 0 Å². The molecule has 9 nitrogen and oxygen atoms in total. The Morgan fingerprint density at radius 3 is 2.67 bits per heavy atom. The first-order valence-electron chi connectivity index (χ1n) is 12.6. The molecule has 2 saturated heterocycles. The zero-order valence-corrected chi connectivity index (χ0v) is 22.4. The molecule has 2 fully saturated rings. The molecular weight excluding hydrogens is 496 g/mol. The van der Waals surface area contributed by atoms with Crippen molar-refractivity contribution < 1.29 is 13.2 Å². The molecule has 1 N–H and O–H groups in total. The largest absolute Gasteiger partial charge is 0.364 e. The van der Waals surface area contributed by atoms with Crippen LogP contribution in [0.15, 0.2) is 29.2 Å². The third-order valence-corrected chi connectivity index (χ3v) is 10.3. The fourth-order valence-corrected chi connectivity index (χ4v) is 8.11. The number of amides is 1. The van der Waals surface area contributed by atoms with E-state index in [1.165, 1.54) is 6.26 Å². The van der Waals surface area contributed by atoms with Crippen LogP contribution in [0.1, 0.15) is 36.9 Å². The number of piperidine rings is 2. The number of nitrogens with zero attached hydrogens (tertiary/aromatic N) is 5. The van der Waals surface area contributed by atoms with Gasteiger partial charge in [0.25, 0.3) is 0 Å². The third-order valence-electron chi connectivity index (χ3n) is 8.07. The lowest BCUT2D eigenvalue weighted by molar-refractivity contribution is -0.132. The lowest BCUT2D eigenvalue weighted by Gasteiger charge is -2.40. The van der Waals surface area contributed by atoms with Gasteiger partial charge < -0.3 is 15.1 Å². The average molecular weight is 529 g/mol. The fraction of sp³-hybridized carbons (Fsp3) is 0.560. The molecule has 1 amide bonds. The standard InChI is InChI=1S/C25H32N6O3S2/c1-29-15-17(7-8-21(29)32)26-23-22-19(9-14-35-22)27-24(28-23)30-12-10-25(11-13-30)16-31(36(2,33)34)20-6-4-3-5-18(20)25/h3-6,17H,7-16H2,1-2H3,(H,26,27,28)/t17-/m0/s1. The molecular formula is C25H32N6O3S2. The number of carbonyl (C=O) groups is 1. The Labute approximate surface area is 216 Å². The van der Waals surface area contributed by atoms with Crippen molar-refractivity contribution in [2.75, 3.05) is 59.8 Å². The summed E-state index contributed by atoms with van der Waals surface area (Å²) >= 11 is 1.80. The molecule has 0 aliphatic carbocycles. The highest BCUT2D eigenvalue weighted by Crippen LogP contribution is 2.48. The lowest BCUT2D eigenvalue weighted by Crippen LogP contribution is -2.46. The molecule has 6 rings (SSSR count). The fourth-order valence-electron chi connectivity index (χ4n) is 6.06. The molecule has 1 aromatic heterocycles. The minimum Gasteiger partial charge on any atom is -0.364 e. The average Bonchev–Trinajstić information content (AvgIpc) is 3.46. The van der Waals surface area contributed by atoms with Gasteiger partial charge in [-0.25, -0.2) is 13.4 Å². The van der Waals surface area contributed by atoms with Crippen LogP contribution in [0, 0.1) is 0 Å². The summed E-state index contributed by atoms with van der Waals surface area (Å²) in [5.74, 6) is 2.84. The summed E-state index contributed by atoms with van der Waals surface area (Å²) in [6.07, 6.45) is 5.30. The van der Waals surface area contributed by atoms with Gasteiger partial charge in [0.1, 0.15) is 5.82 Å². The van der Waals surface area contributed by atoms with Crippen LogP contribution >= 0.6 is 11.8 Å². The summed E-state index contributed by atoms with van der Waals surface area (Å²) < 4.78 is 26.6. The maximum absolute atomic E-state index is 12.5. The molecule has 11 heteroatoms. The number of likely N-dealkylation sites (tertiary alicyclic amines) is 1. The molecule has 36 heavy (non-hydrogen) atoms. The zero-order chi connectivity index (χ0) is 25.1. The molecule has 192 valence electrons. The minimum absolute atomic E-state index is 0.178. The van der Waals surface area contributed by atoms with Crippen LogP contribution in [0.3, 0.4) is 0 Å². The van der Waals surface area contributed by atoms with Crippen LogP contribution in [0.25, 0.3) is 0 Å². The molecule has 0 radical (unpaired) electrons. The van der Waals surface area contributed by atoms with Crippen LogP contribution in [0.4, 0.5) is 17.5 Å². The summed E-state index contributed by atoms with van der Waals surface area (Å²) in [7, 11) is -1.47. The van der Waals surface area contributed by atoms with Gasteiger partial charge in [-0.2, -0.15) is 4.98 Å². The van der Waals surface area contributed by atoms with Gasteiger partial charge in [-0.1, -0.05) is 18.2 Å². The quantitative estimate of drug-likeness (QED) is 0.646. The van der Waals surface area contributed by atoms with Crippen molar-refractivity contribution in [3.63, 3.8) is 0 Å². The Hall–Kier alpha value is -2.53. The van der Waals surface area contributed by atoms with Gasteiger partial charge in [0.2, 0.25) is 21.9 Å². The van der Waals surface area contributed by atoms with Crippen LogP contribution in [0.2, 0.25) is 0 Å². The van der Waals surface area contributed by atoms with Gasteiger partial charge in [-0.05, 0) is 30.9 Å². The molecule has 0 unspecified atom stereocenters. The van der Waals surface area contributed by atoms with Gasteiger partial charge in [0.05, 0.1) is 22.5 Å². The highest BCUT2D eigenvalue weighted by molar-refractivity contribution is 7.99. The summed E-state index contributed by atoms with van der Waals surface area (Å²) in [6, 6.07) is 8.12. The number of rotatable bonds is 4. The van der Waals surface area contributed by atoms with Crippen molar-refractivity contribution in [3.8, 4) is 0 Å². The number of aromatic nitrogens is 2. The lowest BCUT2D eigenvalue weighted by atomic mass is 9.74. The molecule has 1 aromatic carbocycles. The maximum Gasteiger partial charge on any atom is 0.232 e. The van der Waals surface area contributed by atoms with Crippen LogP contribution in [-0.2, 0) is 26.7 Å². The highest BCUT2D eigenvalue weighted by atomic mass is 32.2. The molecule has 4 aliphatic heterocycles. The Morgan fingerprint density at radius 1 is 1.14 bits per heavy atom. The van der Waals surface area contributed by atoms with E-state index in [0.29, 0.717) is 19.5 Å². The monoisotopic (exact) mass is 528 g/mol. The number of likely N-dealkylation sites (N-methyl/N-ethyl adjacent to an activating group) is 1.